The maximum absolute atomic E-state index is 5.33. The van der Waals surface area contributed by atoms with E-state index in [4.69, 9.17) is 14.0 Å². The van der Waals surface area contributed by atoms with Crippen LogP contribution < -0.4 is 9.47 Å². The van der Waals surface area contributed by atoms with E-state index in [1.54, 1.807) is 14.2 Å². The van der Waals surface area contributed by atoms with Gasteiger partial charge in [-0.3, -0.25) is 0 Å². The molecule has 132 valence electrons. The molecule has 0 aliphatic heterocycles. The zero-order chi connectivity index (χ0) is 17.9. The summed E-state index contributed by atoms with van der Waals surface area (Å²) >= 11 is 1.50. The molecule has 0 aliphatic carbocycles. The highest BCUT2D eigenvalue weighted by atomic mass is 32.2. The topological polar surface area (TPSA) is 86.1 Å². The van der Waals surface area contributed by atoms with Gasteiger partial charge in [0.2, 0.25) is 11.7 Å². The lowest BCUT2D eigenvalue weighted by Gasteiger charge is -1.98. The van der Waals surface area contributed by atoms with Crippen LogP contribution >= 0.6 is 11.8 Å². The van der Waals surface area contributed by atoms with Crippen molar-refractivity contribution in [3.63, 3.8) is 0 Å². The third-order valence-corrected chi connectivity index (χ3v) is 4.67. The minimum atomic E-state index is 0.528. The summed E-state index contributed by atoms with van der Waals surface area (Å²) in [5.74, 6) is 3.20. The molecular weight excluding hydrogens is 352 g/mol. The van der Waals surface area contributed by atoms with Gasteiger partial charge in [0.25, 0.3) is 0 Å². The molecule has 2 heterocycles. The molecule has 2 aromatic carbocycles. The van der Waals surface area contributed by atoms with E-state index >= 15 is 0 Å². The maximum atomic E-state index is 5.33. The van der Waals surface area contributed by atoms with Crippen molar-refractivity contribution in [2.45, 2.75) is 10.9 Å². The van der Waals surface area contributed by atoms with Gasteiger partial charge in [0, 0.05) is 11.6 Å². The first-order valence-corrected chi connectivity index (χ1v) is 8.87. The molecule has 0 unspecified atom stereocenters. The number of benzene rings is 2. The summed E-state index contributed by atoms with van der Waals surface area (Å²) in [5, 5.41) is 4.82. The summed E-state index contributed by atoms with van der Waals surface area (Å²) in [6, 6.07) is 13.2. The number of hydrogen-bond donors (Lipinski definition) is 1. The number of imidazole rings is 1. The maximum Gasteiger partial charge on any atom is 0.237 e. The zero-order valence-electron chi connectivity index (χ0n) is 14.2. The van der Waals surface area contributed by atoms with Crippen molar-refractivity contribution in [2.75, 3.05) is 14.2 Å². The largest absolute Gasteiger partial charge is 0.497 e. The lowest BCUT2D eigenvalue weighted by Crippen LogP contribution is -1.85. The van der Waals surface area contributed by atoms with Crippen LogP contribution in [0.4, 0.5) is 0 Å². The fourth-order valence-electron chi connectivity index (χ4n) is 2.46. The van der Waals surface area contributed by atoms with E-state index < -0.39 is 0 Å². The molecule has 0 spiro atoms. The predicted molar refractivity (Wildman–Crippen MR) is 98.5 cm³/mol. The molecule has 0 fully saturated rings. The van der Waals surface area contributed by atoms with Crippen molar-refractivity contribution in [3.8, 4) is 22.9 Å². The number of fused-ring (bicyclic) bond motifs is 1. The molecule has 7 nitrogen and oxygen atoms in total. The van der Waals surface area contributed by atoms with E-state index in [1.165, 1.54) is 11.8 Å². The Morgan fingerprint density at radius 3 is 2.54 bits per heavy atom. The van der Waals surface area contributed by atoms with Gasteiger partial charge in [0.15, 0.2) is 5.16 Å². The molecule has 0 saturated heterocycles. The van der Waals surface area contributed by atoms with Crippen LogP contribution in [0.1, 0.15) is 5.89 Å². The van der Waals surface area contributed by atoms with Crippen LogP contribution in [-0.2, 0) is 5.75 Å². The normalized spacial score (nSPS) is 11.0. The van der Waals surface area contributed by atoms with Gasteiger partial charge in [-0.1, -0.05) is 16.9 Å². The van der Waals surface area contributed by atoms with Gasteiger partial charge < -0.3 is 19.0 Å². The molecule has 0 saturated carbocycles. The molecule has 2 aromatic heterocycles. The van der Waals surface area contributed by atoms with E-state index in [2.05, 4.69) is 20.1 Å². The van der Waals surface area contributed by atoms with Crippen LogP contribution in [0.25, 0.3) is 22.4 Å². The summed E-state index contributed by atoms with van der Waals surface area (Å²) in [5.41, 5.74) is 2.69. The van der Waals surface area contributed by atoms with Crippen LogP contribution in [0, 0.1) is 0 Å². The first-order valence-electron chi connectivity index (χ1n) is 7.89. The summed E-state index contributed by atoms with van der Waals surface area (Å²) in [4.78, 5) is 12.2. The Hall–Kier alpha value is -3.00. The highest BCUT2D eigenvalue weighted by molar-refractivity contribution is 7.98. The zero-order valence-corrected chi connectivity index (χ0v) is 15.0. The van der Waals surface area contributed by atoms with Gasteiger partial charge >= 0.3 is 0 Å². The number of hydrogen-bond acceptors (Lipinski definition) is 7. The summed E-state index contributed by atoms with van der Waals surface area (Å²) < 4.78 is 15.7. The van der Waals surface area contributed by atoms with Crippen LogP contribution in [0.5, 0.6) is 11.5 Å². The Bertz CT molecular complexity index is 1030. The number of nitrogens with one attached hydrogen (secondary N) is 1. The number of rotatable bonds is 6. The fraction of sp³-hybridized carbons (Fsp3) is 0.167. The van der Waals surface area contributed by atoms with Gasteiger partial charge in [-0.15, -0.1) is 0 Å². The second kappa shape index (κ2) is 7.09. The summed E-state index contributed by atoms with van der Waals surface area (Å²) in [6.45, 7) is 0. The van der Waals surface area contributed by atoms with E-state index in [1.807, 2.05) is 42.5 Å². The quantitative estimate of drug-likeness (QED) is 0.516. The molecule has 8 heteroatoms. The Kier molecular flexibility index (Phi) is 4.49. The molecular formula is C18H16N4O3S. The number of methoxy groups -OCH3 is 2. The Balaban J connectivity index is 1.45. The highest BCUT2D eigenvalue weighted by Crippen LogP contribution is 2.26. The third kappa shape index (κ3) is 3.36. The van der Waals surface area contributed by atoms with Crippen molar-refractivity contribution in [1.82, 2.24) is 20.1 Å². The minimum absolute atomic E-state index is 0.528. The standard InChI is InChI=1S/C18H16N4O3S/c1-23-12-5-3-11(4-6-12)17-21-16(25-22-17)10-26-18-19-14-8-7-13(24-2)9-15(14)20-18/h3-9H,10H2,1-2H3,(H,19,20). The fourth-order valence-corrected chi connectivity index (χ4v) is 3.18. The predicted octanol–water partition coefficient (Wildman–Crippen LogP) is 3.92. The Morgan fingerprint density at radius 2 is 1.77 bits per heavy atom. The molecule has 0 aliphatic rings. The van der Waals surface area contributed by atoms with E-state index in [9.17, 15) is 0 Å². The van der Waals surface area contributed by atoms with Crippen LogP contribution in [0.2, 0.25) is 0 Å². The average Bonchev–Trinajstić information content (AvgIpc) is 3.32. The second-order valence-electron chi connectivity index (χ2n) is 5.45. The van der Waals surface area contributed by atoms with E-state index in [0.29, 0.717) is 17.5 Å². The van der Waals surface area contributed by atoms with Gasteiger partial charge in [-0.25, -0.2) is 4.98 Å². The molecule has 4 rings (SSSR count). The first-order chi connectivity index (χ1) is 12.7. The highest BCUT2D eigenvalue weighted by Gasteiger charge is 2.11. The van der Waals surface area contributed by atoms with Crippen molar-refractivity contribution in [3.05, 3.63) is 48.4 Å². The van der Waals surface area contributed by atoms with E-state index in [0.717, 1.165) is 33.3 Å². The second-order valence-corrected chi connectivity index (χ2v) is 6.42. The number of nitrogens with zero attached hydrogens (tertiary/aromatic N) is 3. The van der Waals surface area contributed by atoms with Crippen molar-refractivity contribution >= 4 is 22.8 Å². The van der Waals surface area contributed by atoms with Gasteiger partial charge in [-0.2, -0.15) is 4.98 Å². The average molecular weight is 368 g/mol. The van der Waals surface area contributed by atoms with Crippen LogP contribution in [0.15, 0.2) is 52.1 Å². The first kappa shape index (κ1) is 16.5. The summed E-state index contributed by atoms with van der Waals surface area (Å²) in [7, 11) is 3.27. The number of ether oxygens (including phenoxy) is 2. The number of aromatic nitrogens is 4. The number of aromatic amines is 1. The Labute approximate surface area is 153 Å². The molecule has 1 N–H and O–H groups in total. The van der Waals surface area contributed by atoms with Crippen molar-refractivity contribution in [2.24, 2.45) is 0 Å². The number of H-pyrrole nitrogens is 1. The third-order valence-electron chi connectivity index (χ3n) is 3.82. The number of thioether (sulfide) groups is 1. The SMILES string of the molecule is COc1ccc(-c2noc(CSc3nc4ccc(OC)cc4[nH]3)n2)cc1. The van der Waals surface area contributed by atoms with Crippen molar-refractivity contribution < 1.29 is 14.0 Å². The van der Waals surface area contributed by atoms with Gasteiger partial charge in [0.05, 0.1) is 31.0 Å². The lowest BCUT2D eigenvalue weighted by atomic mass is 10.2. The smallest absolute Gasteiger partial charge is 0.237 e. The van der Waals surface area contributed by atoms with Crippen molar-refractivity contribution in [1.29, 1.82) is 0 Å². The minimum Gasteiger partial charge on any atom is -0.497 e. The monoisotopic (exact) mass is 368 g/mol. The van der Waals surface area contributed by atoms with E-state index in [-0.39, 0.29) is 0 Å². The molecule has 4 aromatic rings. The molecule has 26 heavy (non-hydrogen) atoms. The van der Waals surface area contributed by atoms with Crippen LogP contribution in [0.3, 0.4) is 0 Å². The molecule has 0 radical (unpaired) electrons. The van der Waals surface area contributed by atoms with Crippen LogP contribution in [-0.4, -0.2) is 34.3 Å². The lowest BCUT2D eigenvalue weighted by molar-refractivity contribution is 0.391. The van der Waals surface area contributed by atoms with Gasteiger partial charge in [0.1, 0.15) is 11.5 Å². The van der Waals surface area contributed by atoms with Gasteiger partial charge in [-0.05, 0) is 36.4 Å². The molecule has 0 amide bonds. The Morgan fingerprint density at radius 1 is 1.00 bits per heavy atom. The summed E-state index contributed by atoms with van der Waals surface area (Å²) in [6.07, 6.45) is 0. The molecule has 0 atom stereocenters. The molecule has 0 bridgehead atoms.